The first kappa shape index (κ1) is 17.7. The molecule has 1 aromatic heterocycles. The summed E-state index contributed by atoms with van der Waals surface area (Å²) < 4.78 is 37.5. The second kappa shape index (κ2) is 7.31. The number of carbonyl (C=O) groups excluding carboxylic acids is 1. The highest BCUT2D eigenvalue weighted by molar-refractivity contribution is 6.04. The number of pyridine rings is 1. The minimum absolute atomic E-state index is 0.110. The zero-order valence-electron chi connectivity index (χ0n) is 12.8. The number of anilines is 2. The molecule has 0 bridgehead atoms. The fourth-order valence-corrected chi connectivity index (χ4v) is 1.84. The molecule has 1 heterocycles. The summed E-state index contributed by atoms with van der Waals surface area (Å²) in [6.07, 6.45) is -3.55. The van der Waals surface area contributed by atoms with Crippen LogP contribution in [0.25, 0.3) is 0 Å². The molecular formula is C16H16F3N3O2. The lowest BCUT2D eigenvalue weighted by Gasteiger charge is -2.10. The number of nitrogens with zero attached hydrogens (tertiary/aromatic N) is 1. The van der Waals surface area contributed by atoms with Gasteiger partial charge < -0.3 is 15.7 Å². The molecule has 0 aliphatic heterocycles. The molecule has 128 valence electrons. The number of rotatable bonds is 5. The number of nitrogens with one attached hydrogen (secondary N) is 2. The minimum Gasteiger partial charge on any atom is -0.392 e. The van der Waals surface area contributed by atoms with E-state index in [1.165, 1.54) is 6.20 Å². The van der Waals surface area contributed by atoms with E-state index >= 15 is 0 Å². The van der Waals surface area contributed by atoms with E-state index in [0.717, 1.165) is 24.3 Å². The first-order valence-electron chi connectivity index (χ1n) is 7.12. The number of aliphatic hydroxyl groups excluding tert-OH is 1. The fraction of sp³-hybridized carbons (Fsp3) is 0.250. The average Bonchev–Trinajstić information content (AvgIpc) is 2.53. The van der Waals surface area contributed by atoms with Gasteiger partial charge in [-0.2, -0.15) is 13.2 Å². The fourth-order valence-electron chi connectivity index (χ4n) is 1.84. The summed E-state index contributed by atoms with van der Waals surface area (Å²) in [7, 11) is 0. The Morgan fingerprint density at radius 1 is 1.21 bits per heavy atom. The molecule has 1 amide bonds. The Morgan fingerprint density at radius 2 is 1.88 bits per heavy atom. The molecule has 1 aromatic carbocycles. The molecular weight excluding hydrogens is 323 g/mol. The maximum absolute atomic E-state index is 12.5. The summed E-state index contributed by atoms with van der Waals surface area (Å²) in [5.41, 5.74) is -0.295. The van der Waals surface area contributed by atoms with Crippen LogP contribution >= 0.6 is 0 Å². The molecule has 5 nitrogen and oxygen atoms in total. The Morgan fingerprint density at radius 3 is 2.38 bits per heavy atom. The van der Waals surface area contributed by atoms with Crippen LogP contribution in [0.2, 0.25) is 0 Å². The molecule has 2 aromatic rings. The highest BCUT2D eigenvalue weighted by Gasteiger charge is 2.30. The van der Waals surface area contributed by atoms with Gasteiger partial charge in [-0.05, 0) is 43.3 Å². The van der Waals surface area contributed by atoms with Gasteiger partial charge >= 0.3 is 6.18 Å². The number of alkyl halides is 3. The van der Waals surface area contributed by atoms with E-state index in [1.54, 1.807) is 19.1 Å². The molecule has 0 saturated carbocycles. The Labute approximate surface area is 136 Å². The van der Waals surface area contributed by atoms with Crippen molar-refractivity contribution in [3.05, 3.63) is 53.7 Å². The SMILES string of the molecule is CC(O)CNc1ccc(NC(=O)c2ccc(C(F)(F)F)cc2)cn1. The van der Waals surface area contributed by atoms with E-state index in [9.17, 15) is 18.0 Å². The number of carbonyl (C=O) groups is 1. The number of benzene rings is 1. The van der Waals surface area contributed by atoms with E-state index in [4.69, 9.17) is 5.11 Å². The largest absolute Gasteiger partial charge is 0.416 e. The predicted octanol–water partition coefficient (Wildman–Crippen LogP) is 3.15. The molecule has 2 rings (SSSR count). The monoisotopic (exact) mass is 339 g/mol. The van der Waals surface area contributed by atoms with Gasteiger partial charge in [-0.3, -0.25) is 4.79 Å². The normalized spacial score (nSPS) is 12.5. The van der Waals surface area contributed by atoms with E-state index in [0.29, 0.717) is 18.1 Å². The Balaban J connectivity index is 1.99. The first-order chi connectivity index (χ1) is 11.3. The highest BCUT2D eigenvalue weighted by Crippen LogP contribution is 2.29. The van der Waals surface area contributed by atoms with Crippen LogP contribution in [0.1, 0.15) is 22.8 Å². The second-order valence-corrected chi connectivity index (χ2v) is 5.19. The molecule has 0 saturated heterocycles. The molecule has 0 fully saturated rings. The first-order valence-corrected chi connectivity index (χ1v) is 7.12. The van der Waals surface area contributed by atoms with Crippen LogP contribution in [0.5, 0.6) is 0 Å². The van der Waals surface area contributed by atoms with Crippen molar-refractivity contribution < 1.29 is 23.1 Å². The number of amides is 1. The van der Waals surface area contributed by atoms with Crippen LogP contribution in [0, 0.1) is 0 Å². The van der Waals surface area contributed by atoms with E-state index < -0.39 is 23.8 Å². The van der Waals surface area contributed by atoms with E-state index in [1.807, 2.05) is 0 Å². The maximum atomic E-state index is 12.5. The molecule has 24 heavy (non-hydrogen) atoms. The van der Waals surface area contributed by atoms with E-state index in [-0.39, 0.29) is 5.56 Å². The van der Waals surface area contributed by atoms with Crippen molar-refractivity contribution >= 4 is 17.4 Å². The third-order valence-corrected chi connectivity index (χ3v) is 3.07. The summed E-state index contributed by atoms with van der Waals surface area (Å²) in [5, 5.41) is 14.6. The van der Waals surface area contributed by atoms with Gasteiger partial charge in [-0.1, -0.05) is 0 Å². The summed E-state index contributed by atoms with van der Waals surface area (Å²) >= 11 is 0. The number of hydrogen-bond acceptors (Lipinski definition) is 4. The van der Waals surface area contributed by atoms with Crippen molar-refractivity contribution in [1.29, 1.82) is 0 Å². The van der Waals surface area contributed by atoms with Crippen molar-refractivity contribution in [2.45, 2.75) is 19.2 Å². The number of aliphatic hydroxyl groups is 1. The van der Waals surface area contributed by atoms with Crippen molar-refractivity contribution in [3.63, 3.8) is 0 Å². The summed E-state index contributed by atoms with van der Waals surface area (Å²) in [6, 6.07) is 7.16. The molecule has 1 atom stereocenters. The molecule has 0 aliphatic rings. The topological polar surface area (TPSA) is 74.2 Å². The zero-order valence-corrected chi connectivity index (χ0v) is 12.8. The second-order valence-electron chi connectivity index (χ2n) is 5.19. The third-order valence-electron chi connectivity index (χ3n) is 3.07. The average molecular weight is 339 g/mol. The van der Waals surface area contributed by atoms with Crippen LogP contribution in [0.15, 0.2) is 42.6 Å². The molecule has 0 spiro atoms. The molecule has 0 aliphatic carbocycles. The maximum Gasteiger partial charge on any atom is 0.416 e. The van der Waals surface area contributed by atoms with Gasteiger partial charge in [0.2, 0.25) is 0 Å². The van der Waals surface area contributed by atoms with Gasteiger partial charge in [0.1, 0.15) is 5.82 Å². The van der Waals surface area contributed by atoms with Gasteiger partial charge in [-0.15, -0.1) is 0 Å². The van der Waals surface area contributed by atoms with Crippen LogP contribution in [-0.4, -0.2) is 28.6 Å². The van der Waals surface area contributed by atoms with Crippen molar-refractivity contribution in [3.8, 4) is 0 Å². The van der Waals surface area contributed by atoms with Crippen molar-refractivity contribution in [2.75, 3.05) is 17.2 Å². The minimum atomic E-state index is -4.44. The van der Waals surface area contributed by atoms with Gasteiger partial charge in [0, 0.05) is 12.1 Å². The van der Waals surface area contributed by atoms with Gasteiger partial charge in [-0.25, -0.2) is 4.98 Å². The van der Waals surface area contributed by atoms with Crippen LogP contribution < -0.4 is 10.6 Å². The number of aromatic nitrogens is 1. The van der Waals surface area contributed by atoms with Crippen LogP contribution in [0.4, 0.5) is 24.7 Å². The lowest BCUT2D eigenvalue weighted by molar-refractivity contribution is -0.137. The van der Waals surface area contributed by atoms with Crippen molar-refractivity contribution in [2.24, 2.45) is 0 Å². The molecule has 3 N–H and O–H groups in total. The van der Waals surface area contributed by atoms with Crippen LogP contribution in [-0.2, 0) is 6.18 Å². The quantitative estimate of drug-likeness (QED) is 0.782. The van der Waals surface area contributed by atoms with Crippen LogP contribution in [0.3, 0.4) is 0 Å². The molecule has 0 radical (unpaired) electrons. The predicted molar refractivity (Wildman–Crippen MR) is 83.8 cm³/mol. The number of halogens is 3. The Kier molecular flexibility index (Phi) is 5.40. The summed E-state index contributed by atoms with van der Waals surface area (Å²) in [5.74, 6) is -0.00126. The van der Waals surface area contributed by atoms with Gasteiger partial charge in [0.25, 0.3) is 5.91 Å². The Hall–Kier alpha value is -2.61. The van der Waals surface area contributed by atoms with Crippen molar-refractivity contribution in [1.82, 2.24) is 4.98 Å². The Bertz CT molecular complexity index is 683. The third kappa shape index (κ3) is 4.95. The standard InChI is InChI=1S/C16H16F3N3O2/c1-10(23)8-20-14-7-6-13(9-21-14)22-15(24)11-2-4-12(5-3-11)16(17,18)19/h2-7,9-10,23H,8H2,1H3,(H,20,21)(H,22,24). The molecule has 8 heteroatoms. The lowest BCUT2D eigenvalue weighted by Crippen LogP contribution is -2.16. The van der Waals surface area contributed by atoms with Gasteiger partial charge in [0.15, 0.2) is 0 Å². The lowest BCUT2D eigenvalue weighted by atomic mass is 10.1. The smallest absolute Gasteiger partial charge is 0.392 e. The van der Waals surface area contributed by atoms with E-state index in [2.05, 4.69) is 15.6 Å². The molecule has 1 unspecified atom stereocenters. The zero-order chi connectivity index (χ0) is 17.7. The number of hydrogen-bond donors (Lipinski definition) is 3. The highest BCUT2D eigenvalue weighted by atomic mass is 19.4. The summed E-state index contributed by atoms with van der Waals surface area (Å²) in [6.45, 7) is 1.97. The van der Waals surface area contributed by atoms with Gasteiger partial charge in [0.05, 0.1) is 23.6 Å². The summed E-state index contributed by atoms with van der Waals surface area (Å²) in [4.78, 5) is 16.1.